The third-order valence-corrected chi connectivity index (χ3v) is 4.23. The summed E-state index contributed by atoms with van der Waals surface area (Å²) >= 11 is 0. The lowest BCUT2D eigenvalue weighted by molar-refractivity contribution is 0.0943. The van der Waals surface area contributed by atoms with Gasteiger partial charge in [-0.2, -0.15) is 9.90 Å². The molecular weight excluding hydrogens is 312 g/mol. The Bertz CT molecular complexity index is 812. The Hall–Kier alpha value is -2.95. The van der Waals surface area contributed by atoms with Gasteiger partial charge < -0.3 is 5.32 Å². The normalized spacial score (nSPS) is 12.1. The molecule has 3 aromatic rings. The molecule has 1 unspecified atom stereocenters. The van der Waals surface area contributed by atoms with Crippen LogP contribution in [0.15, 0.2) is 66.9 Å². The van der Waals surface area contributed by atoms with Crippen molar-refractivity contribution in [2.45, 2.75) is 19.8 Å². The van der Waals surface area contributed by atoms with Crippen LogP contribution in [-0.2, 0) is 0 Å². The zero-order valence-electron chi connectivity index (χ0n) is 14.5. The van der Waals surface area contributed by atoms with Crippen LogP contribution in [0.2, 0.25) is 0 Å². The molecule has 5 nitrogen and oxygen atoms in total. The fraction of sp³-hybridized carbons (Fsp3) is 0.250. The zero-order chi connectivity index (χ0) is 17.6. The van der Waals surface area contributed by atoms with E-state index in [0.29, 0.717) is 18.2 Å². The van der Waals surface area contributed by atoms with E-state index in [0.717, 1.165) is 5.69 Å². The predicted molar refractivity (Wildman–Crippen MR) is 97.7 cm³/mol. The molecule has 5 heteroatoms. The van der Waals surface area contributed by atoms with Crippen molar-refractivity contribution in [2.24, 2.45) is 5.92 Å². The van der Waals surface area contributed by atoms with Crippen LogP contribution < -0.4 is 5.32 Å². The first-order chi connectivity index (χ1) is 12.1. The third-order valence-electron chi connectivity index (χ3n) is 4.23. The van der Waals surface area contributed by atoms with E-state index in [1.54, 1.807) is 0 Å². The summed E-state index contributed by atoms with van der Waals surface area (Å²) in [6.45, 7) is 4.89. The number of hydrogen-bond donors (Lipinski definition) is 1. The van der Waals surface area contributed by atoms with Crippen molar-refractivity contribution in [2.75, 3.05) is 6.54 Å². The van der Waals surface area contributed by atoms with Gasteiger partial charge in [0, 0.05) is 12.5 Å². The van der Waals surface area contributed by atoms with E-state index in [-0.39, 0.29) is 11.8 Å². The lowest BCUT2D eigenvalue weighted by atomic mass is 9.88. The third kappa shape index (κ3) is 4.12. The van der Waals surface area contributed by atoms with Crippen LogP contribution in [-0.4, -0.2) is 27.4 Å². The molecule has 0 aliphatic rings. The van der Waals surface area contributed by atoms with Crippen molar-refractivity contribution in [1.29, 1.82) is 0 Å². The zero-order valence-corrected chi connectivity index (χ0v) is 14.5. The number of carbonyl (C=O) groups excluding carboxylic acids is 1. The molecule has 0 saturated carbocycles. The molecule has 0 fully saturated rings. The molecule has 0 spiro atoms. The molecule has 3 rings (SSSR count). The molecule has 1 heterocycles. The summed E-state index contributed by atoms with van der Waals surface area (Å²) in [5, 5.41) is 11.4. The predicted octanol–water partition coefficient (Wildman–Crippen LogP) is 3.44. The van der Waals surface area contributed by atoms with Crippen LogP contribution >= 0.6 is 0 Å². The number of amides is 1. The monoisotopic (exact) mass is 334 g/mol. The topological polar surface area (TPSA) is 59.8 Å². The Labute approximate surface area is 147 Å². The van der Waals surface area contributed by atoms with Crippen molar-refractivity contribution in [3.8, 4) is 5.69 Å². The van der Waals surface area contributed by atoms with Gasteiger partial charge in [-0.1, -0.05) is 62.4 Å². The molecule has 1 atom stereocenters. The molecule has 0 radical (unpaired) electrons. The number of aromatic nitrogens is 3. The molecule has 1 amide bonds. The number of hydrogen-bond acceptors (Lipinski definition) is 3. The van der Waals surface area contributed by atoms with Crippen LogP contribution in [0.1, 0.15) is 35.8 Å². The summed E-state index contributed by atoms with van der Waals surface area (Å²) in [5.41, 5.74) is 2.37. The fourth-order valence-corrected chi connectivity index (χ4v) is 2.78. The summed E-state index contributed by atoms with van der Waals surface area (Å²) in [5.74, 6) is 0.473. The highest BCUT2D eigenvalue weighted by molar-refractivity contribution is 5.91. The van der Waals surface area contributed by atoms with E-state index >= 15 is 0 Å². The number of nitrogens with zero attached hydrogens (tertiary/aromatic N) is 3. The summed E-state index contributed by atoms with van der Waals surface area (Å²) in [7, 11) is 0. The molecule has 0 aliphatic heterocycles. The molecule has 1 aromatic heterocycles. The number of para-hydroxylation sites is 1. The second-order valence-electron chi connectivity index (χ2n) is 6.33. The lowest BCUT2D eigenvalue weighted by Crippen LogP contribution is -2.30. The smallest absolute Gasteiger partial charge is 0.273 e. The van der Waals surface area contributed by atoms with E-state index in [9.17, 15) is 4.79 Å². The Morgan fingerprint density at radius 3 is 2.32 bits per heavy atom. The average Bonchev–Trinajstić information content (AvgIpc) is 3.13. The highest BCUT2D eigenvalue weighted by Crippen LogP contribution is 2.23. The quantitative estimate of drug-likeness (QED) is 0.751. The van der Waals surface area contributed by atoms with Crippen LogP contribution in [0.25, 0.3) is 5.69 Å². The first-order valence-electron chi connectivity index (χ1n) is 8.46. The van der Waals surface area contributed by atoms with E-state index in [4.69, 9.17) is 0 Å². The van der Waals surface area contributed by atoms with Gasteiger partial charge in [0.1, 0.15) is 0 Å². The van der Waals surface area contributed by atoms with Crippen LogP contribution in [0.4, 0.5) is 0 Å². The molecule has 0 saturated heterocycles. The highest BCUT2D eigenvalue weighted by Gasteiger charge is 2.18. The SMILES string of the molecule is CC(C)C(CNC(=O)c1cnn(-c2ccccc2)n1)c1ccccc1. The van der Waals surface area contributed by atoms with E-state index in [1.807, 2.05) is 48.5 Å². The average molecular weight is 334 g/mol. The first-order valence-corrected chi connectivity index (χ1v) is 8.46. The van der Waals surface area contributed by atoms with Crippen molar-refractivity contribution >= 4 is 5.91 Å². The minimum absolute atomic E-state index is 0.205. The summed E-state index contributed by atoms with van der Waals surface area (Å²) < 4.78 is 0. The van der Waals surface area contributed by atoms with Crippen LogP contribution in [0, 0.1) is 5.92 Å². The summed E-state index contributed by atoms with van der Waals surface area (Å²) in [4.78, 5) is 13.9. The molecule has 0 aliphatic carbocycles. The van der Waals surface area contributed by atoms with Gasteiger partial charge in [-0.05, 0) is 23.6 Å². The first kappa shape index (κ1) is 16.9. The van der Waals surface area contributed by atoms with E-state index < -0.39 is 0 Å². The van der Waals surface area contributed by atoms with Crippen molar-refractivity contribution in [3.05, 3.63) is 78.1 Å². The van der Waals surface area contributed by atoms with Gasteiger partial charge in [0.2, 0.25) is 0 Å². The number of nitrogens with one attached hydrogen (secondary N) is 1. The molecule has 128 valence electrons. The molecule has 25 heavy (non-hydrogen) atoms. The molecule has 1 N–H and O–H groups in total. The second kappa shape index (κ2) is 7.75. The largest absolute Gasteiger partial charge is 0.350 e. The molecular formula is C20H22N4O. The van der Waals surface area contributed by atoms with Gasteiger partial charge in [-0.3, -0.25) is 4.79 Å². The minimum Gasteiger partial charge on any atom is -0.350 e. The van der Waals surface area contributed by atoms with Crippen molar-refractivity contribution in [3.63, 3.8) is 0 Å². The molecule has 0 bridgehead atoms. The maximum atomic E-state index is 12.4. The Morgan fingerprint density at radius 1 is 1.04 bits per heavy atom. The highest BCUT2D eigenvalue weighted by atomic mass is 16.2. The van der Waals surface area contributed by atoms with Gasteiger partial charge in [0.15, 0.2) is 5.69 Å². The Kier molecular flexibility index (Phi) is 5.23. The van der Waals surface area contributed by atoms with E-state index in [1.165, 1.54) is 16.6 Å². The Morgan fingerprint density at radius 2 is 1.68 bits per heavy atom. The van der Waals surface area contributed by atoms with Gasteiger partial charge >= 0.3 is 0 Å². The lowest BCUT2D eigenvalue weighted by Gasteiger charge is -2.21. The van der Waals surface area contributed by atoms with Gasteiger partial charge in [0.05, 0.1) is 11.9 Å². The van der Waals surface area contributed by atoms with Crippen molar-refractivity contribution in [1.82, 2.24) is 20.3 Å². The van der Waals surface area contributed by atoms with Gasteiger partial charge in [0.25, 0.3) is 5.91 Å². The van der Waals surface area contributed by atoms with Gasteiger partial charge in [-0.25, -0.2) is 0 Å². The maximum Gasteiger partial charge on any atom is 0.273 e. The fourth-order valence-electron chi connectivity index (χ4n) is 2.78. The van der Waals surface area contributed by atoms with Crippen LogP contribution in [0.5, 0.6) is 0 Å². The summed E-state index contributed by atoms with van der Waals surface area (Å²) in [6, 6.07) is 19.8. The minimum atomic E-state index is -0.205. The maximum absolute atomic E-state index is 12.4. The van der Waals surface area contributed by atoms with Crippen LogP contribution in [0.3, 0.4) is 0 Å². The Balaban J connectivity index is 1.67. The van der Waals surface area contributed by atoms with Gasteiger partial charge in [-0.15, -0.1) is 5.10 Å². The summed E-state index contributed by atoms with van der Waals surface area (Å²) in [6.07, 6.45) is 1.50. The number of rotatable bonds is 6. The van der Waals surface area contributed by atoms with E-state index in [2.05, 4.69) is 41.5 Å². The number of carbonyl (C=O) groups is 1. The number of benzene rings is 2. The standard InChI is InChI=1S/C20H22N4O/c1-15(2)18(16-9-5-3-6-10-16)13-21-20(25)19-14-22-24(23-19)17-11-7-4-8-12-17/h3-12,14-15,18H,13H2,1-2H3,(H,21,25). The second-order valence-corrected chi connectivity index (χ2v) is 6.33. The van der Waals surface area contributed by atoms with Crippen molar-refractivity contribution < 1.29 is 4.79 Å². The molecule has 2 aromatic carbocycles.